The summed E-state index contributed by atoms with van der Waals surface area (Å²) in [7, 11) is 1.54. The number of hydrogen-bond acceptors (Lipinski definition) is 5. The Kier molecular flexibility index (Phi) is 5.02. The number of amides is 1. The quantitative estimate of drug-likeness (QED) is 0.495. The van der Waals surface area contributed by atoms with E-state index in [-0.39, 0.29) is 5.91 Å². The lowest BCUT2D eigenvalue weighted by Gasteiger charge is -2.09. The van der Waals surface area contributed by atoms with Gasteiger partial charge in [-0.1, -0.05) is 11.6 Å². The van der Waals surface area contributed by atoms with Crippen LogP contribution in [0.5, 0.6) is 5.75 Å². The van der Waals surface area contributed by atoms with Crippen molar-refractivity contribution in [3.05, 3.63) is 58.8 Å². The number of rotatable bonds is 5. The second-order valence-corrected chi connectivity index (χ2v) is 7.33. The van der Waals surface area contributed by atoms with Crippen molar-refractivity contribution in [1.82, 2.24) is 14.5 Å². The zero-order valence-corrected chi connectivity index (χ0v) is 16.8. The summed E-state index contributed by atoms with van der Waals surface area (Å²) in [5.74, 6) is 0.214. The largest absolute Gasteiger partial charge is 0.495 e. The minimum atomic E-state index is -0.319. The van der Waals surface area contributed by atoms with Gasteiger partial charge >= 0.3 is 0 Å². The van der Waals surface area contributed by atoms with E-state index in [2.05, 4.69) is 26.8 Å². The van der Waals surface area contributed by atoms with Gasteiger partial charge in [-0.25, -0.2) is 9.97 Å². The van der Waals surface area contributed by atoms with Crippen molar-refractivity contribution in [3.63, 3.8) is 0 Å². The highest BCUT2D eigenvalue weighted by molar-refractivity contribution is 7.13. The van der Waals surface area contributed by atoms with Crippen LogP contribution >= 0.6 is 22.9 Å². The molecule has 0 radical (unpaired) electrons. The molecule has 142 valence electrons. The fourth-order valence-corrected chi connectivity index (χ4v) is 4.00. The average molecular weight is 413 g/mol. The number of anilines is 1. The minimum Gasteiger partial charge on any atom is -0.495 e. The number of aryl methyl sites for hydroxylation is 1. The highest BCUT2D eigenvalue weighted by Gasteiger charge is 2.17. The van der Waals surface area contributed by atoms with Crippen molar-refractivity contribution in [2.75, 3.05) is 12.4 Å². The van der Waals surface area contributed by atoms with Crippen LogP contribution < -0.4 is 10.1 Å². The number of hydrogen-bond donors (Lipinski definition) is 1. The van der Waals surface area contributed by atoms with Crippen molar-refractivity contribution in [2.24, 2.45) is 0 Å². The number of nitrogens with zero attached hydrogens (tertiary/aromatic N) is 3. The van der Waals surface area contributed by atoms with Gasteiger partial charge in [-0.05, 0) is 37.3 Å². The summed E-state index contributed by atoms with van der Waals surface area (Å²) < 4.78 is 7.35. The number of thiazole rings is 1. The van der Waals surface area contributed by atoms with Crippen LogP contribution in [0.4, 0.5) is 5.69 Å². The summed E-state index contributed by atoms with van der Waals surface area (Å²) in [6.45, 7) is 2.87. The molecule has 0 unspecified atom stereocenters. The molecule has 1 amide bonds. The lowest BCUT2D eigenvalue weighted by molar-refractivity contribution is 0.102. The van der Waals surface area contributed by atoms with E-state index < -0.39 is 0 Å². The van der Waals surface area contributed by atoms with E-state index >= 15 is 0 Å². The number of carbonyl (C=O) groups excluding carboxylic acids is 1. The Morgan fingerprint density at radius 3 is 3.00 bits per heavy atom. The first kappa shape index (κ1) is 18.5. The number of fused-ring (bicyclic) bond motifs is 1. The van der Waals surface area contributed by atoms with Crippen molar-refractivity contribution >= 4 is 45.6 Å². The third-order valence-corrected chi connectivity index (χ3v) is 5.46. The molecule has 0 aliphatic heterocycles. The standard InChI is InChI=1S/C20H17ClN4O2S/c1-3-25-10-14(13-5-4-8-22-18(13)25)20-24-16(11-28-20)19(26)23-15-9-12(21)6-7-17(15)27-2/h4-11H,3H2,1-2H3,(H,23,26). The van der Waals surface area contributed by atoms with Crippen LogP contribution in [0.3, 0.4) is 0 Å². The van der Waals surface area contributed by atoms with Gasteiger partial charge in [0.05, 0.1) is 12.8 Å². The molecule has 4 aromatic rings. The molecular weight excluding hydrogens is 396 g/mol. The number of halogens is 1. The van der Waals surface area contributed by atoms with Crippen LogP contribution in [0.25, 0.3) is 21.6 Å². The maximum Gasteiger partial charge on any atom is 0.275 e. The topological polar surface area (TPSA) is 69.0 Å². The Morgan fingerprint density at radius 1 is 1.36 bits per heavy atom. The number of aromatic nitrogens is 3. The van der Waals surface area contributed by atoms with Crippen LogP contribution in [-0.4, -0.2) is 27.6 Å². The van der Waals surface area contributed by atoms with Gasteiger partial charge in [-0.15, -0.1) is 11.3 Å². The van der Waals surface area contributed by atoms with E-state index in [0.717, 1.165) is 28.1 Å². The van der Waals surface area contributed by atoms with E-state index in [0.29, 0.717) is 22.2 Å². The molecule has 0 saturated carbocycles. The number of benzene rings is 1. The van der Waals surface area contributed by atoms with Crippen LogP contribution in [0, 0.1) is 0 Å². The first-order valence-electron chi connectivity index (χ1n) is 8.65. The summed E-state index contributed by atoms with van der Waals surface area (Å²) in [5, 5.41) is 6.86. The number of pyridine rings is 1. The summed E-state index contributed by atoms with van der Waals surface area (Å²) >= 11 is 7.45. The molecule has 0 aliphatic rings. The third-order valence-electron chi connectivity index (χ3n) is 4.35. The predicted octanol–water partition coefficient (Wildman–Crippen LogP) is 5.09. The van der Waals surface area contributed by atoms with Crippen LogP contribution in [0.1, 0.15) is 17.4 Å². The SMILES string of the molecule is CCn1cc(-c2nc(C(=O)Nc3cc(Cl)ccc3OC)cs2)c2cccnc21. The summed E-state index contributed by atoms with van der Waals surface area (Å²) in [6, 6.07) is 8.97. The molecule has 4 rings (SSSR count). The van der Waals surface area contributed by atoms with Gasteiger partial charge in [-0.2, -0.15) is 0 Å². The van der Waals surface area contributed by atoms with Gasteiger partial charge in [0, 0.05) is 40.3 Å². The smallest absolute Gasteiger partial charge is 0.275 e. The lowest BCUT2D eigenvalue weighted by Crippen LogP contribution is -2.13. The Bertz CT molecular complexity index is 1170. The van der Waals surface area contributed by atoms with E-state index in [4.69, 9.17) is 16.3 Å². The van der Waals surface area contributed by atoms with Gasteiger partial charge in [-0.3, -0.25) is 4.79 Å². The Labute approximate surface area is 170 Å². The van der Waals surface area contributed by atoms with Crippen LogP contribution in [0.15, 0.2) is 48.1 Å². The zero-order valence-electron chi connectivity index (χ0n) is 15.3. The van der Waals surface area contributed by atoms with E-state index in [1.54, 1.807) is 29.8 Å². The van der Waals surface area contributed by atoms with Crippen molar-refractivity contribution in [3.8, 4) is 16.3 Å². The van der Waals surface area contributed by atoms with Gasteiger partial charge in [0.15, 0.2) is 0 Å². The minimum absolute atomic E-state index is 0.319. The van der Waals surface area contributed by atoms with Gasteiger partial charge in [0.25, 0.3) is 5.91 Å². The molecule has 28 heavy (non-hydrogen) atoms. The van der Waals surface area contributed by atoms with Crippen LogP contribution in [-0.2, 0) is 6.54 Å². The first-order chi connectivity index (χ1) is 13.6. The highest BCUT2D eigenvalue weighted by Crippen LogP contribution is 2.33. The molecule has 0 aliphatic carbocycles. The van der Waals surface area contributed by atoms with Crippen LogP contribution in [0.2, 0.25) is 5.02 Å². The molecule has 0 fully saturated rings. The van der Waals surface area contributed by atoms with Gasteiger partial charge in [0.2, 0.25) is 0 Å². The number of nitrogens with one attached hydrogen (secondary N) is 1. The number of methoxy groups -OCH3 is 1. The molecule has 1 aromatic carbocycles. The lowest BCUT2D eigenvalue weighted by atomic mass is 10.2. The summed E-state index contributed by atoms with van der Waals surface area (Å²) in [6.07, 6.45) is 3.80. The van der Waals surface area contributed by atoms with Crippen molar-refractivity contribution in [2.45, 2.75) is 13.5 Å². The summed E-state index contributed by atoms with van der Waals surface area (Å²) in [4.78, 5) is 21.7. The van der Waals surface area contributed by atoms with Gasteiger partial charge in [0.1, 0.15) is 22.1 Å². The van der Waals surface area contributed by atoms with Gasteiger partial charge < -0.3 is 14.6 Å². The molecule has 3 aromatic heterocycles. The molecule has 8 heteroatoms. The summed E-state index contributed by atoms with van der Waals surface area (Å²) in [5.41, 5.74) is 2.71. The second-order valence-electron chi connectivity index (χ2n) is 6.04. The zero-order chi connectivity index (χ0) is 19.7. The fraction of sp³-hybridized carbons (Fsp3) is 0.150. The van der Waals surface area contributed by atoms with E-state index in [9.17, 15) is 4.79 Å². The van der Waals surface area contributed by atoms with E-state index in [1.165, 1.54) is 18.4 Å². The molecular formula is C20H17ClN4O2S. The Balaban J connectivity index is 1.65. The normalized spacial score (nSPS) is 11.0. The Hall–Kier alpha value is -2.90. The fourth-order valence-electron chi connectivity index (χ4n) is 3.00. The molecule has 3 heterocycles. The van der Waals surface area contributed by atoms with Crippen molar-refractivity contribution < 1.29 is 9.53 Å². The third kappa shape index (κ3) is 3.34. The first-order valence-corrected chi connectivity index (χ1v) is 9.91. The van der Waals surface area contributed by atoms with E-state index in [1.807, 2.05) is 18.3 Å². The van der Waals surface area contributed by atoms with Crippen molar-refractivity contribution in [1.29, 1.82) is 0 Å². The molecule has 0 saturated heterocycles. The maximum atomic E-state index is 12.7. The number of carbonyl (C=O) groups is 1. The highest BCUT2D eigenvalue weighted by atomic mass is 35.5. The second kappa shape index (κ2) is 7.61. The molecule has 0 atom stereocenters. The molecule has 1 N–H and O–H groups in total. The average Bonchev–Trinajstić information content (AvgIpc) is 3.33. The Morgan fingerprint density at radius 2 is 2.21 bits per heavy atom. The number of ether oxygens (including phenoxy) is 1. The predicted molar refractivity (Wildman–Crippen MR) is 112 cm³/mol. The molecule has 6 nitrogen and oxygen atoms in total. The maximum absolute atomic E-state index is 12.7. The molecule has 0 spiro atoms. The monoisotopic (exact) mass is 412 g/mol. The molecule has 0 bridgehead atoms.